The van der Waals surface area contributed by atoms with Crippen molar-refractivity contribution in [1.82, 2.24) is 4.72 Å². The van der Waals surface area contributed by atoms with Gasteiger partial charge in [0.25, 0.3) is 0 Å². The number of benzene rings is 1. The van der Waals surface area contributed by atoms with E-state index in [9.17, 15) is 4.21 Å². The summed E-state index contributed by atoms with van der Waals surface area (Å²) < 4.78 is 15.6. The van der Waals surface area contributed by atoms with E-state index in [0.29, 0.717) is 0 Å². The van der Waals surface area contributed by atoms with Crippen LogP contribution in [0.25, 0.3) is 0 Å². The summed E-state index contributed by atoms with van der Waals surface area (Å²) in [6, 6.07) is 7.98. The van der Waals surface area contributed by atoms with Crippen molar-refractivity contribution in [2.75, 3.05) is 0 Å². The predicted molar refractivity (Wildman–Crippen MR) is 82.6 cm³/mol. The number of hydrogen-bond acceptors (Lipinski definition) is 1. The Kier molecular flexibility index (Phi) is 5.04. The maximum Gasteiger partial charge on any atom is 0.0949 e. The van der Waals surface area contributed by atoms with Gasteiger partial charge in [-0.2, -0.15) is 0 Å². The molecule has 1 atom stereocenters. The molecule has 0 saturated heterocycles. The van der Waals surface area contributed by atoms with E-state index in [0.717, 1.165) is 17.9 Å². The topological polar surface area (TPSA) is 29.1 Å². The van der Waals surface area contributed by atoms with Gasteiger partial charge in [0.2, 0.25) is 0 Å². The minimum atomic E-state index is -0.997. The largest absolute Gasteiger partial charge is 0.243 e. The second-order valence-electron chi connectivity index (χ2n) is 5.60. The minimum Gasteiger partial charge on any atom is -0.243 e. The zero-order chi connectivity index (χ0) is 13.9. The standard InChI is InChI=1S/C15H22ClNOS/c1-12(2)19(18)17-15(10-4-3-5-11-15)13-6-8-14(16)9-7-13/h6-9,12,17H,3-5,10-11H2,1-2H3. The average molecular weight is 300 g/mol. The van der Waals surface area contributed by atoms with Crippen molar-refractivity contribution < 1.29 is 4.21 Å². The van der Waals surface area contributed by atoms with Crippen molar-refractivity contribution in [3.63, 3.8) is 0 Å². The van der Waals surface area contributed by atoms with Gasteiger partial charge in [-0.25, -0.2) is 8.93 Å². The lowest BCUT2D eigenvalue weighted by atomic mass is 9.77. The summed E-state index contributed by atoms with van der Waals surface area (Å²) >= 11 is 5.97. The summed E-state index contributed by atoms with van der Waals surface area (Å²) in [4.78, 5) is 0. The predicted octanol–water partition coefficient (Wildman–Crippen LogP) is 4.16. The number of nitrogens with one attached hydrogen (secondary N) is 1. The van der Waals surface area contributed by atoms with Crippen LogP contribution in [0, 0.1) is 0 Å². The normalized spacial score (nSPS) is 20.4. The zero-order valence-corrected chi connectivity index (χ0v) is 13.2. The monoisotopic (exact) mass is 299 g/mol. The van der Waals surface area contributed by atoms with E-state index in [4.69, 9.17) is 11.6 Å². The molecule has 1 saturated carbocycles. The van der Waals surface area contributed by atoms with Crippen LogP contribution in [0.15, 0.2) is 24.3 Å². The summed E-state index contributed by atoms with van der Waals surface area (Å²) in [5, 5.41) is 0.880. The Bertz CT molecular complexity index is 438. The van der Waals surface area contributed by atoms with Crippen LogP contribution in [0.5, 0.6) is 0 Å². The molecule has 1 fully saturated rings. The second kappa shape index (κ2) is 6.38. The lowest BCUT2D eigenvalue weighted by molar-refractivity contribution is 0.277. The molecule has 0 spiro atoms. The fraction of sp³-hybridized carbons (Fsp3) is 0.600. The Labute approximate surface area is 123 Å². The van der Waals surface area contributed by atoms with E-state index >= 15 is 0 Å². The van der Waals surface area contributed by atoms with Crippen LogP contribution < -0.4 is 4.72 Å². The first-order chi connectivity index (χ1) is 9.03. The molecule has 0 heterocycles. The molecule has 1 aromatic rings. The third-order valence-electron chi connectivity index (χ3n) is 3.83. The fourth-order valence-electron chi connectivity index (χ4n) is 2.68. The molecule has 0 amide bonds. The van der Waals surface area contributed by atoms with Gasteiger partial charge < -0.3 is 0 Å². The first-order valence-corrected chi connectivity index (χ1v) is 8.57. The number of rotatable bonds is 4. The quantitative estimate of drug-likeness (QED) is 0.888. The second-order valence-corrected chi connectivity index (χ2v) is 7.78. The summed E-state index contributed by atoms with van der Waals surface area (Å²) in [5.74, 6) is 0. The lowest BCUT2D eigenvalue weighted by Crippen LogP contribution is -2.46. The molecular weight excluding hydrogens is 278 g/mol. The molecule has 2 nitrogen and oxygen atoms in total. The molecule has 106 valence electrons. The molecule has 19 heavy (non-hydrogen) atoms. The van der Waals surface area contributed by atoms with Crippen LogP contribution in [0.3, 0.4) is 0 Å². The molecule has 4 heteroatoms. The average Bonchev–Trinajstić information content (AvgIpc) is 2.40. The Balaban J connectivity index is 2.28. The first kappa shape index (κ1) is 15.0. The van der Waals surface area contributed by atoms with Crippen molar-refractivity contribution in [2.24, 2.45) is 0 Å². The van der Waals surface area contributed by atoms with Crippen LogP contribution in [-0.4, -0.2) is 9.46 Å². The van der Waals surface area contributed by atoms with Gasteiger partial charge in [0.1, 0.15) is 0 Å². The van der Waals surface area contributed by atoms with Crippen LogP contribution in [0.4, 0.5) is 0 Å². The van der Waals surface area contributed by atoms with E-state index in [1.807, 2.05) is 26.0 Å². The summed E-state index contributed by atoms with van der Waals surface area (Å²) in [5.41, 5.74) is 1.07. The SMILES string of the molecule is CC(C)S(=O)NC1(c2ccc(Cl)cc2)CCCCC1. The van der Waals surface area contributed by atoms with Gasteiger partial charge in [0.15, 0.2) is 0 Å². The van der Waals surface area contributed by atoms with Crippen molar-refractivity contribution in [3.8, 4) is 0 Å². The Morgan fingerprint density at radius 2 is 1.74 bits per heavy atom. The molecule has 0 aliphatic heterocycles. The van der Waals surface area contributed by atoms with Gasteiger partial charge >= 0.3 is 0 Å². The van der Waals surface area contributed by atoms with Gasteiger partial charge in [0.05, 0.1) is 16.5 Å². The zero-order valence-electron chi connectivity index (χ0n) is 11.6. The Hall–Kier alpha value is -0.380. The van der Waals surface area contributed by atoms with Crippen molar-refractivity contribution >= 4 is 22.6 Å². The molecule has 1 aromatic carbocycles. The van der Waals surface area contributed by atoms with E-state index in [1.165, 1.54) is 24.8 Å². The molecular formula is C15H22ClNOS. The van der Waals surface area contributed by atoms with E-state index < -0.39 is 11.0 Å². The molecule has 0 bridgehead atoms. The maximum absolute atomic E-state index is 12.2. The van der Waals surface area contributed by atoms with E-state index in [2.05, 4.69) is 16.9 Å². The highest BCUT2D eigenvalue weighted by atomic mass is 35.5. The molecule has 1 unspecified atom stereocenters. The van der Waals surface area contributed by atoms with Gasteiger partial charge in [0, 0.05) is 10.3 Å². The lowest BCUT2D eigenvalue weighted by Gasteiger charge is -2.38. The molecule has 0 aromatic heterocycles. The van der Waals surface area contributed by atoms with E-state index in [-0.39, 0.29) is 10.8 Å². The Morgan fingerprint density at radius 1 is 1.16 bits per heavy atom. The molecule has 0 radical (unpaired) electrons. The third kappa shape index (κ3) is 3.59. The van der Waals surface area contributed by atoms with Crippen LogP contribution in [0.2, 0.25) is 5.02 Å². The highest BCUT2D eigenvalue weighted by Crippen LogP contribution is 2.38. The molecule has 2 rings (SSSR count). The van der Waals surface area contributed by atoms with Crippen molar-refractivity contribution in [2.45, 2.75) is 56.7 Å². The number of halogens is 1. The van der Waals surface area contributed by atoms with Crippen molar-refractivity contribution in [1.29, 1.82) is 0 Å². The first-order valence-electron chi connectivity index (χ1n) is 6.98. The van der Waals surface area contributed by atoms with E-state index in [1.54, 1.807) is 0 Å². The van der Waals surface area contributed by atoms with Gasteiger partial charge in [-0.1, -0.05) is 43.0 Å². The number of hydrogen-bond donors (Lipinski definition) is 1. The summed E-state index contributed by atoms with van der Waals surface area (Å²) in [6.45, 7) is 3.98. The van der Waals surface area contributed by atoms with Crippen molar-refractivity contribution in [3.05, 3.63) is 34.9 Å². The highest BCUT2D eigenvalue weighted by molar-refractivity contribution is 7.83. The fourth-order valence-corrected chi connectivity index (χ4v) is 3.75. The molecule has 1 aliphatic rings. The molecule has 1 N–H and O–H groups in total. The smallest absolute Gasteiger partial charge is 0.0949 e. The van der Waals surface area contributed by atoms with Gasteiger partial charge in [-0.15, -0.1) is 0 Å². The van der Waals surface area contributed by atoms with Gasteiger partial charge in [-0.3, -0.25) is 0 Å². The van der Waals surface area contributed by atoms with Crippen LogP contribution in [-0.2, 0) is 16.5 Å². The highest BCUT2D eigenvalue weighted by Gasteiger charge is 2.35. The summed E-state index contributed by atoms with van der Waals surface area (Å²) in [7, 11) is -0.997. The summed E-state index contributed by atoms with van der Waals surface area (Å²) in [6.07, 6.45) is 5.74. The minimum absolute atomic E-state index is 0.131. The third-order valence-corrected chi connectivity index (χ3v) is 5.53. The maximum atomic E-state index is 12.2. The Morgan fingerprint density at radius 3 is 2.26 bits per heavy atom. The van der Waals surface area contributed by atoms with Crippen LogP contribution >= 0.6 is 11.6 Å². The van der Waals surface area contributed by atoms with Crippen LogP contribution in [0.1, 0.15) is 51.5 Å². The molecule has 1 aliphatic carbocycles. The van der Waals surface area contributed by atoms with Gasteiger partial charge in [-0.05, 0) is 44.4 Å².